The maximum atomic E-state index is 13.1. The predicted octanol–water partition coefficient (Wildman–Crippen LogP) is 3.88. The zero-order valence-corrected chi connectivity index (χ0v) is 12.2. The third-order valence-corrected chi connectivity index (χ3v) is 3.22. The van der Waals surface area contributed by atoms with E-state index in [1.165, 1.54) is 10.8 Å². The van der Waals surface area contributed by atoms with E-state index in [1.54, 1.807) is 24.3 Å². The third-order valence-electron chi connectivity index (χ3n) is 3.22. The van der Waals surface area contributed by atoms with Gasteiger partial charge >= 0.3 is 18.1 Å². The van der Waals surface area contributed by atoms with Crippen molar-refractivity contribution in [2.45, 2.75) is 24.7 Å². The second kappa shape index (κ2) is 6.27. The summed E-state index contributed by atoms with van der Waals surface area (Å²) in [5, 5.41) is 12.0. The zero-order valence-electron chi connectivity index (χ0n) is 12.2. The van der Waals surface area contributed by atoms with Crippen LogP contribution in [0.25, 0.3) is 10.9 Å². The number of nitrogens with zero attached hydrogens (tertiary/aromatic N) is 3. The summed E-state index contributed by atoms with van der Waals surface area (Å²) in [6, 6.07) is 2.64. The molecule has 0 radical (unpaired) electrons. The fourth-order valence-electron chi connectivity index (χ4n) is 2.02. The molecule has 0 spiro atoms. The van der Waals surface area contributed by atoms with Crippen LogP contribution in [0.2, 0.25) is 0 Å². The van der Waals surface area contributed by atoms with E-state index in [4.69, 9.17) is 5.26 Å². The summed E-state index contributed by atoms with van der Waals surface area (Å²) in [5.74, 6) is -6.30. The molecule has 134 valence electrons. The SMILES string of the molecule is N#CCn1cc(/C=N\NC(F)(F)C(F)(F)C(F)(F)F)c2ccccc21. The summed E-state index contributed by atoms with van der Waals surface area (Å²) in [5.41, 5.74) is 1.25. The molecule has 2 rings (SSSR count). The van der Waals surface area contributed by atoms with Crippen LogP contribution in [-0.2, 0) is 6.54 Å². The van der Waals surface area contributed by atoms with E-state index in [1.807, 2.05) is 6.07 Å². The molecular weight excluding hydrogens is 357 g/mol. The van der Waals surface area contributed by atoms with Crippen LogP contribution < -0.4 is 5.43 Å². The van der Waals surface area contributed by atoms with Crippen molar-refractivity contribution in [1.82, 2.24) is 9.99 Å². The summed E-state index contributed by atoms with van der Waals surface area (Å²) in [7, 11) is 0. The second-order valence-electron chi connectivity index (χ2n) is 4.90. The highest BCUT2D eigenvalue weighted by atomic mass is 19.4. The van der Waals surface area contributed by atoms with Crippen molar-refractivity contribution in [1.29, 1.82) is 5.26 Å². The molecule has 0 atom stereocenters. The molecule has 1 aromatic heterocycles. The van der Waals surface area contributed by atoms with E-state index in [9.17, 15) is 30.7 Å². The first kappa shape index (κ1) is 18.6. The van der Waals surface area contributed by atoms with Crippen LogP contribution in [0.1, 0.15) is 5.56 Å². The molecule has 0 saturated carbocycles. The molecular formula is C14H9F7N4. The maximum Gasteiger partial charge on any atom is 0.462 e. The number of alkyl halides is 7. The van der Waals surface area contributed by atoms with Gasteiger partial charge in [-0.2, -0.15) is 41.1 Å². The third kappa shape index (κ3) is 3.38. The van der Waals surface area contributed by atoms with Crippen LogP contribution in [-0.4, -0.2) is 28.9 Å². The van der Waals surface area contributed by atoms with Gasteiger partial charge < -0.3 is 4.57 Å². The number of nitriles is 1. The minimum Gasteiger partial charge on any atom is -0.333 e. The normalized spacial score (nSPS) is 13.4. The number of para-hydroxylation sites is 1. The lowest BCUT2D eigenvalue weighted by atomic mass is 10.2. The molecule has 0 fully saturated rings. The van der Waals surface area contributed by atoms with Crippen molar-refractivity contribution in [3.63, 3.8) is 0 Å². The summed E-state index contributed by atoms with van der Waals surface area (Å²) in [4.78, 5) is 0. The lowest BCUT2D eigenvalue weighted by Gasteiger charge is -2.27. The highest BCUT2D eigenvalue weighted by Gasteiger charge is 2.73. The van der Waals surface area contributed by atoms with Crippen molar-refractivity contribution in [2.75, 3.05) is 0 Å². The highest BCUT2D eigenvalue weighted by Crippen LogP contribution is 2.44. The first-order chi connectivity index (χ1) is 11.5. The molecule has 1 aromatic carbocycles. The van der Waals surface area contributed by atoms with Crippen LogP contribution in [0.5, 0.6) is 0 Å². The van der Waals surface area contributed by atoms with Gasteiger partial charge in [-0.3, -0.25) is 0 Å². The van der Waals surface area contributed by atoms with Crippen molar-refractivity contribution in [3.05, 3.63) is 36.0 Å². The van der Waals surface area contributed by atoms with Gasteiger partial charge in [-0.05, 0) is 6.07 Å². The van der Waals surface area contributed by atoms with Crippen LogP contribution in [0.4, 0.5) is 30.7 Å². The van der Waals surface area contributed by atoms with Gasteiger partial charge in [0.15, 0.2) is 0 Å². The Morgan fingerprint density at radius 3 is 2.36 bits per heavy atom. The fourth-order valence-corrected chi connectivity index (χ4v) is 2.02. The Morgan fingerprint density at radius 2 is 1.76 bits per heavy atom. The first-order valence-corrected chi connectivity index (χ1v) is 6.58. The van der Waals surface area contributed by atoms with E-state index in [0.717, 1.165) is 0 Å². The van der Waals surface area contributed by atoms with Crippen LogP contribution in [0, 0.1) is 11.3 Å². The molecule has 25 heavy (non-hydrogen) atoms. The molecule has 0 amide bonds. The minimum atomic E-state index is -6.44. The summed E-state index contributed by atoms with van der Waals surface area (Å²) in [6.07, 6.45) is -4.43. The lowest BCUT2D eigenvalue weighted by molar-refractivity contribution is -0.361. The Hall–Kier alpha value is -2.77. The van der Waals surface area contributed by atoms with E-state index < -0.39 is 18.1 Å². The number of rotatable bonds is 5. The fraction of sp³-hybridized carbons (Fsp3) is 0.286. The molecule has 0 aliphatic carbocycles. The van der Waals surface area contributed by atoms with Gasteiger partial charge in [-0.1, -0.05) is 18.2 Å². The quantitative estimate of drug-likeness (QED) is 0.378. The standard InChI is InChI=1S/C14H9F7N4/c15-12(16,13(17,18)19)14(20,21)24-23-7-9-8-25(6-5-22)11-4-2-1-3-10(9)11/h1-4,7-8,24H,6H2/b23-7-. The Bertz CT molecular complexity index is 830. The number of hydrogen-bond donors (Lipinski definition) is 1. The summed E-state index contributed by atoms with van der Waals surface area (Å²) >= 11 is 0. The van der Waals surface area contributed by atoms with Gasteiger partial charge in [0, 0.05) is 22.7 Å². The number of hydrazone groups is 1. The monoisotopic (exact) mass is 366 g/mol. The van der Waals surface area contributed by atoms with Gasteiger partial charge in [0.25, 0.3) is 0 Å². The lowest BCUT2D eigenvalue weighted by Crippen LogP contribution is -2.58. The van der Waals surface area contributed by atoms with E-state index >= 15 is 0 Å². The maximum absolute atomic E-state index is 13.1. The minimum absolute atomic E-state index is 0.0793. The molecule has 0 bridgehead atoms. The van der Waals surface area contributed by atoms with E-state index in [2.05, 4.69) is 5.10 Å². The Kier molecular flexibility index (Phi) is 4.66. The Labute approximate surface area is 136 Å². The van der Waals surface area contributed by atoms with Gasteiger partial charge in [0.05, 0.1) is 12.3 Å². The van der Waals surface area contributed by atoms with Crippen LogP contribution in [0.15, 0.2) is 35.6 Å². The second-order valence-corrected chi connectivity index (χ2v) is 4.90. The van der Waals surface area contributed by atoms with Crippen LogP contribution in [0.3, 0.4) is 0 Å². The zero-order chi connectivity index (χ0) is 18.9. The number of hydrogen-bond acceptors (Lipinski definition) is 3. The number of fused-ring (bicyclic) bond motifs is 1. The largest absolute Gasteiger partial charge is 0.462 e. The van der Waals surface area contributed by atoms with E-state index in [0.29, 0.717) is 22.5 Å². The molecule has 0 aliphatic rings. The van der Waals surface area contributed by atoms with Gasteiger partial charge in [0.2, 0.25) is 0 Å². The number of halogens is 7. The smallest absolute Gasteiger partial charge is 0.333 e. The Morgan fingerprint density at radius 1 is 1.12 bits per heavy atom. The number of benzene rings is 1. The van der Waals surface area contributed by atoms with Crippen molar-refractivity contribution >= 4 is 17.1 Å². The summed E-state index contributed by atoms with van der Waals surface area (Å²) in [6.45, 7) is -0.0793. The number of nitrogens with one attached hydrogen (secondary N) is 1. The average Bonchev–Trinajstić information content (AvgIpc) is 2.85. The van der Waals surface area contributed by atoms with Gasteiger partial charge in [0.1, 0.15) is 6.54 Å². The average molecular weight is 366 g/mol. The molecule has 0 aliphatic heterocycles. The molecule has 0 saturated heterocycles. The summed E-state index contributed by atoms with van der Waals surface area (Å²) < 4.78 is 89.2. The molecule has 4 nitrogen and oxygen atoms in total. The van der Waals surface area contributed by atoms with Crippen LogP contribution >= 0.6 is 0 Å². The first-order valence-electron chi connectivity index (χ1n) is 6.58. The molecule has 1 heterocycles. The molecule has 11 heteroatoms. The predicted molar refractivity (Wildman–Crippen MR) is 74.2 cm³/mol. The van der Waals surface area contributed by atoms with Gasteiger partial charge in [-0.15, -0.1) is 0 Å². The van der Waals surface area contributed by atoms with Crippen molar-refractivity contribution in [3.8, 4) is 6.07 Å². The molecule has 0 unspecified atom stereocenters. The van der Waals surface area contributed by atoms with Crippen molar-refractivity contribution in [2.24, 2.45) is 5.10 Å². The van der Waals surface area contributed by atoms with Gasteiger partial charge in [-0.25, -0.2) is 5.43 Å². The topological polar surface area (TPSA) is 53.1 Å². The van der Waals surface area contributed by atoms with Crippen molar-refractivity contribution < 1.29 is 30.7 Å². The molecule has 2 aromatic rings. The highest BCUT2D eigenvalue weighted by molar-refractivity contribution is 5.99. The van der Waals surface area contributed by atoms with E-state index in [-0.39, 0.29) is 12.1 Å². The molecule has 1 N–H and O–H groups in total. The number of aromatic nitrogens is 1. The Balaban J connectivity index is 2.29.